The number of benzene rings is 2. The molecule has 24 heavy (non-hydrogen) atoms. The maximum Gasteiger partial charge on any atom is 0.267 e. The Labute approximate surface area is 141 Å². The molecule has 0 fully saturated rings. The lowest BCUT2D eigenvalue weighted by Crippen LogP contribution is -2.26. The summed E-state index contributed by atoms with van der Waals surface area (Å²) in [7, 11) is 3.13. The molecule has 0 aliphatic carbocycles. The van der Waals surface area contributed by atoms with E-state index in [9.17, 15) is 4.79 Å². The minimum Gasteiger partial charge on any atom is -0.493 e. The molecule has 6 nitrogen and oxygen atoms in total. The van der Waals surface area contributed by atoms with E-state index in [2.05, 4.69) is 10.5 Å². The van der Waals surface area contributed by atoms with Gasteiger partial charge in [-0.25, -0.2) is 0 Å². The molecule has 0 aliphatic rings. The molecule has 0 saturated heterocycles. The molecule has 0 bridgehead atoms. The fraction of sp³-hybridized carbons (Fsp3) is 0.222. The summed E-state index contributed by atoms with van der Waals surface area (Å²) in [5.74, 6) is 0.952. The van der Waals surface area contributed by atoms with Crippen molar-refractivity contribution in [3.63, 3.8) is 0 Å². The van der Waals surface area contributed by atoms with Gasteiger partial charge >= 0.3 is 0 Å². The molecule has 0 radical (unpaired) electrons. The minimum atomic E-state index is -0.721. The largest absolute Gasteiger partial charge is 0.493 e. The molecule has 1 N–H and O–H groups in total. The molecule has 1 unspecified atom stereocenters. The summed E-state index contributed by atoms with van der Waals surface area (Å²) >= 11 is 0. The lowest BCUT2D eigenvalue weighted by atomic mass is 10.2. The van der Waals surface area contributed by atoms with Crippen molar-refractivity contribution in [3.05, 3.63) is 54.1 Å². The number of nitrogens with one attached hydrogen (secondary N) is 1. The van der Waals surface area contributed by atoms with Gasteiger partial charge in [-0.05, 0) is 37.3 Å². The summed E-state index contributed by atoms with van der Waals surface area (Å²) < 4.78 is 10.4. The quantitative estimate of drug-likeness (QED) is 0.626. The lowest BCUT2D eigenvalue weighted by molar-refractivity contribution is -0.126. The number of carbonyl (C=O) groups is 1. The second-order valence-corrected chi connectivity index (χ2v) is 4.95. The maximum absolute atomic E-state index is 12.0. The lowest BCUT2D eigenvalue weighted by Gasteiger charge is -2.10. The Balaban J connectivity index is 1.92. The Kier molecular flexibility index (Phi) is 6.19. The number of hydrogen-bond acceptors (Lipinski definition) is 5. The second-order valence-electron chi connectivity index (χ2n) is 4.95. The third-order valence-electron chi connectivity index (χ3n) is 3.24. The minimum absolute atomic E-state index is 0.273. The third-order valence-corrected chi connectivity index (χ3v) is 3.24. The zero-order valence-electron chi connectivity index (χ0n) is 13.9. The van der Waals surface area contributed by atoms with Gasteiger partial charge in [-0.3, -0.25) is 4.79 Å². The van der Waals surface area contributed by atoms with E-state index >= 15 is 0 Å². The van der Waals surface area contributed by atoms with Gasteiger partial charge in [0.25, 0.3) is 5.91 Å². The monoisotopic (exact) mass is 328 g/mol. The van der Waals surface area contributed by atoms with Crippen LogP contribution in [-0.4, -0.2) is 32.4 Å². The van der Waals surface area contributed by atoms with Gasteiger partial charge in [0.2, 0.25) is 6.10 Å². The van der Waals surface area contributed by atoms with Crippen LogP contribution in [0.25, 0.3) is 0 Å². The van der Waals surface area contributed by atoms with Gasteiger partial charge < -0.3 is 19.6 Å². The Bertz CT molecular complexity index is 701. The zero-order chi connectivity index (χ0) is 17.4. The molecule has 126 valence electrons. The van der Waals surface area contributed by atoms with E-state index in [-0.39, 0.29) is 5.91 Å². The van der Waals surface area contributed by atoms with E-state index in [1.807, 2.05) is 24.3 Å². The first-order valence-corrected chi connectivity index (χ1v) is 7.41. The SMILES string of the molecule is COc1ccc(/C=N/OC(C)C(=O)Nc2ccccc2)cc1OC. The number of para-hydroxylation sites is 1. The number of amides is 1. The third kappa shape index (κ3) is 4.74. The summed E-state index contributed by atoms with van der Waals surface area (Å²) in [5.41, 5.74) is 1.48. The topological polar surface area (TPSA) is 69.2 Å². The van der Waals surface area contributed by atoms with Gasteiger partial charge in [0.1, 0.15) is 0 Å². The molecule has 2 aromatic carbocycles. The van der Waals surface area contributed by atoms with Crippen LogP contribution in [0.15, 0.2) is 53.7 Å². The normalized spacial score (nSPS) is 11.8. The van der Waals surface area contributed by atoms with Gasteiger partial charge in [0.05, 0.1) is 20.4 Å². The van der Waals surface area contributed by atoms with E-state index < -0.39 is 6.10 Å². The summed E-state index contributed by atoms with van der Waals surface area (Å²) in [6.07, 6.45) is 0.787. The molecule has 1 atom stereocenters. The number of anilines is 1. The second kappa shape index (κ2) is 8.57. The van der Waals surface area contributed by atoms with Crippen molar-refractivity contribution in [2.75, 3.05) is 19.5 Å². The highest BCUT2D eigenvalue weighted by Crippen LogP contribution is 2.26. The number of methoxy groups -OCH3 is 2. The Morgan fingerprint density at radius 2 is 1.79 bits per heavy atom. The van der Waals surface area contributed by atoms with Crippen molar-refractivity contribution in [1.82, 2.24) is 0 Å². The first kappa shape index (κ1) is 17.3. The van der Waals surface area contributed by atoms with Crippen LogP contribution in [0.4, 0.5) is 5.69 Å². The Morgan fingerprint density at radius 3 is 2.46 bits per heavy atom. The molecule has 0 saturated carbocycles. The standard InChI is InChI=1S/C18H20N2O4/c1-13(18(21)20-15-7-5-4-6-8-15)24-19-12-14-9-10-16(22-2)17(11-14)23-3/h4-13H,1-3H3,(H,20,21)/b19-12+. The number of carbonyl (C=O) groups excluding carboxylic acids is 1. The van der Waals surface area contributed by atoms with E-state index in [1.165, 1.54) is 6.21 Å². The van der Waals surface area contributed by atoms with Crippen LogP contribution in [0.3, 0.4) is 0 Å². The van der Waals surface area contributed by atoms with E-state index in [0.717, 1.165) is 5.56 Å². The van der Waals surface area contributed by atoms with Crippen molar-refractivity contribution >= 4 is 17.8 Å². The van der Waals surface area contributed by atoms with Crippen molar-refractivity contribution in [3.8, 4) is 11.5 Å². The molecule has 0 heterocycles. The maximum atomic E-state index is 12.0. The molecule has 2 aromatic rings. The number of oxime groups is 1. The molecular formula is C18H20N2O4. The Hall–Kier alpha value is -3.02. The van der Waals surface area contributed by atoms with E-state index in [1.54, 1.807) is 45.4 Å². The molecule has 6 heteroatoms. The molecule has 1 amide bonds. The van der Waals surface area contributed by atoms with Crippen LogP contribution in [0, 0.1) is 0 Å². The number of hydrogen-bond donors (Lipinski definition) is 1. The highest BCUT2D eigenvalue weighted by atomic mass is 16.6. The summed E-state index contributed by atoms with van der Waals surface area (Å²) in [6.45, 7) is 1.63. The van der Waals surface area contributed by atoms with Gasteiger partial charge in [-0.1, -0.05) is 23.4 Å². The van der Waals surface area contributed by atoms with Crippen molar-refractivity contribution in [2.24, 2.45) is 5.16 Å². The average Bonchev–Trinajstić information content (AvgIpc) is 2.62. The van der Waals surface area contributed by atoms with Gasteiger partial charge in [-0.2, -0.15) is 0 Å². The molecule has 2 rings (SSSR count). The molecular weight excluding hydrogens is 308 g/mol. The molecule has 0 spiro atoms. The van der Waals surface area contributed by atoms with Crippen molar-refractivity contribution in [1.29, 1.82) is 0 Å². The van der Waals surface area contributed by atoms with Crippen LogP contribution in [0.5, 0.6) is 11.5 Å². The van der Waals surface area contributed by atoms with Crippen LogP contribution >= 0.6 is 0 Å². The summed E-state index contributed by atoms with van der Waals surface area (Å²) in [5, 5.41) is 6.60. The summed E-state index contributed by atoms with van der Waals surface area (Å²) in [6, 6.07) is 14.5. The fourth-order valence-corrected chi connectivity index (χ4v) is 1.93. The number of ether oxygens (including phenoxy) is 2. The fourth-order valence-electron chi connectivity index (χ4n) is 1.93. The number of rotatable bonds is 7. The smallest absolute Gasteiger partial charge is 0.267 e. The Morgan fingerprint density at radius 1 is 1.08 bits per heavy atom. The number of nitrogens with zero attached hydrogens (tertiary/aromatic N) is 1. The van der Waals surface area contributed by atoms with Crippen LogP contribution < -0.4 is 14.8 Å². The molecule has 0 aliphatic heterocycles. The van der Waals surface area contributed by atoms with Crippen LogP contribution in [-0.2, 0) is 9.63 Å². The predicted octanol–water partition coefficient (Wildman–Crippen LogP) is 3.08. The molecule has 0 aromatic heterocycles. The van der Waals surface area contributed by atoms with Crippen LogP contribution in [0.1, 0.15) is 12.5 Å². The first-order valence-electron chi connectivity index (χ1n) is 7.41. The van der Waals surface area contributed by atoms with Crippen molar-refractivity contribution < 1.29 is 19.1 Å². The zero-order valence-corrected chi connectivity index (χ0v) is 13.9. The average molecular weight is 328 g/mol. The van der Waals surface area contributed by atoms with E-state index in [4.69, 9.17) is 14.3 Å². The summed E-state index contributed by atoms with van der Waals surface area (Å²) in [4.78, 5) is 17.2. The van der Waals surface area contributed by atoms with Crippen molar-refractivity contribution in [2.45, 2.75) is 13.0 Å². The van der Waals surface area contributed by atoms with Gasteiger partial charge in [0.15, 0.2) is 11.5 Å². The predicted molar refractivity (Wildman–Crippen MR) is 92.8 cm³/mol. The highest BCUT2D eigenvalue weighted by Gasteiger charge is 2.13. The van der Waals surface area contributed by atoms with Gasteiger partial charge in [0, 0.05) is 11.3 Å². The van der Waals surface area contributed by atoms with Gasteiger partial charge in [-0.15, -0.1) is 0 Å². The van der Waals surface area contributed by atoms with Crippen LogP contribution in [0.2, 0.25) is 0 Å². The first-order chi connectivity index (χ1) is 11.6. The van der Waals surface area contributed by atoms with E-state index in [0.29, 0.717) is 17.2 Å². The highest BCUT2D eigenvalue weighted by molar-refractivity contribution is 5.93.